The van der Waals surface area contributed by atoms with Crippen LogP contribution < -0.4 is 5.32 Å². The standard InChI is InChI=1S/C18H13N3O3S2/c19-8-12-1-3-14(4-2-12)20-16(22)9-24-17(23)7-15-11-26-18(21-15)13-5-6-25-10-13/h1-6,10-11H,7,9H2,(H,20,22). The highest BCUT2D eigenvalue weighted by atomic mass is 32.1. The maximum Gasteiger partial charge on any atom is 0.312 e. The fourth-order valence-corrected chi connectivity index (χ4v) is 3.61. The number of amides is 1. The van der Waals surface area contributed by atoms with Gasteiger partial charge in [0.2, 0.25) is 0 Å². The van der Waals surface area contributed by atoms with Crippen LogP contribution in [0.15, 0.2) is 46.5 Å². The molecule has 8 heteroatoms. The van der Waals surface area contributed by atoms with E-state index >= 15 is 0 Å². The molecular weight excluding hydrogens is 370 g/mol. The first-order valence-corrected chi connectivity index (χ1v) is 9.39. The predicted octanol–water partition coefficient (Wildman–Crippen LogP) is 3.47. The van der Waals surface area contributed by atoms with Crippen molar-refractivity contribution in [2.24, 2.45) is 0 Å². The van der Waals surface area contributed by atoms with Crippen LogP contribution in [0.1, 0.15) is 11.3 Å². The van der Waals surface area contributed by atoms with Gasteiger partial charge >= 0.3 is 5.97 Å². The Labute approximate surface area is 157 Å². The van der Waals surface area contributed by atoms with Crippen LogP contribution >= 0.6 is 22.7 Å². The molecule has 0 spiro atoms. The van der Waals surface area contributed by atoms with Crippen LogP contribution in [0.4, 0.5) is 5.69 Å². The second-order valence-corrected chi connectivity index (χ2v) is 6.87. The number of esters is 1. The Morgan fingerprint density at radius 3 is 2.69 bits per heavy atom. The summed E-state index contributed by atoms with van der Waals surface area (Å²) in [6.07, 6.45) is 0.0186. The minimum absolute atomic E-state index is 0.0186. The van der Waals surface area contributed by atoms with Gasteiger partial charge in [0.15, 0.2) is 6.61 Å². The number of carbonyl (C=O) groups is 2. The Morgan fingerprint density at radius 1 is 1.19 bits per heavy atom. The number of ether oxygens (including phenoxy) is 1. The third-order valence-electron chi connectivity index (χ3n) is 3.31. The van der Waals surface area contributed by atoms with Crippen molar-refractivity contribution in [1.29, 1.82) is 5.26 Å². The van der Waals surface area contributed by atoms with E-state index in [0.29, 0.717) is 16.9 Å². The monoisotopic (exact) mass is 383 g/mol. The fraction of sp³-hybridized carbons (Fsp3) is 0.111. The van der Waals surface area contributed by atoms with Gasteiger partial charge in [0, 0.05) is 22.0 Å². The van der Waals surface area contributed by atoms with E-state index in [1.54, 1.807) is 35.6 Å². The average Bonchev–Trinajstić information content (AvgIpc) is 3.32. The molecule has 6 nitrogen and oxygen atoms in total. The summed E-state index contributed by atoms with van der Waals surface area (Å²) in [7, 11) is 0. The van der Waals surface area contributed by atoms with Crippen LogP contribution in [0.25, 0.3) is 10.6 Å². The highest BCUT2D eigenvalue weighted by Crippen LogP contribution is 2.25. The van der Waals surface area contributed by atoms with E-state index in [9.17, 15) is 9.59 Å². The lowest BCUT2D eigenvalue weighted by Crippen LogP contribution is -2.21. The normalized spacial score (nSPS) is 10.1. The van der Waals surface area contributed by atoms with E-state index < -0.39 is 11.9 Å². The summed E-state index contributed by atoms with van der Waals surface area (Å²) < 4.78 is 4.99. The number of nitrogens with one attached hydrogen (secondary N) is 1. The van der Waals surface area contributed by atoms with Crippen molar-refractivity contribution in [2.75, 3.05) is 11.9 Å². The summed E-state index contributed by atoms with van der Waals surface area (Å²) in [6, 6.07) is 10.4. The van der Waals surface area contributed by atoms with E-state index in [1.807, 2.05) is 28.3 Å². The molecule has 0 saturated heterocycles. The Morgan fingerprint density at radius 2 is 2.00 bits per heavy atom. The van der Waals surface area contributed by atoms with Gasteiger partial charge in [-0.05, 0) is 35.7 Å². The molecule has 3 rings (SSSR count). The number of aromatic nitrogens is 1. The van der Waals surface area contributed by atoms with E-state index in [1.165, 1.54) is 11.3 Å². The van der Waals surface area contributed by atoms with Gasteiger partial charge in [-0.25, -0.2) is 4.98 Å². The third kappa shape index (κ3) is 4.75. The Hall–Kier alpha value is -3.02. The molecule has 0 atom stereocenters. The van der Waals surface area contributed by atoms with Crippen LogP contribution in [0.2, 0.25) is 0 Å². The quantitative estimate of drug-likeness (QED) is 0.658. The largest absolute Gasteiger partial charge is 0.455 e. The number of anilines is 1. The third-order valence-corrected chi connectivity index (χ3v) is 4.93. The van der Waals surface area contributed by atoms with Crippen molar-refractivity contribution >= 4 is 40.2 Å². The summed E-state index contributed by atoms with van der Waals surface area (Å²) in [4.78, 5) is 28.1. The van der Waals surface area contributed by atoms with Gasteiger partial charge in [0.25, 0.3) is 5.91 Å². The fourth-order valence-electron chi connectivity index (χ4n) is 2.08. The predicted molar refractivity (Wildman–Crippen MR) is 99.9 cm³/mol. The summed E-state index contributed by atoms with van der Waals surface area (Å²) in [5, 5.41) is 18.0. The molecule has 0 aliphatic rings. The molecule has 0 unspecified atom stereocenters. The molecule has 0 bridgehead atoms. The second-order valence-electron chi connectivity index (χ2n) is 5.23. The number of thiophene rings is 1. The van der Waals surface area contributed by atoms with E-state index in [-0.39, 0.29) is 13.0 Å². The van der Waals surface area contributed by atoms with Crippen LogP contribution in [0.3, 0.4) is 0 Å². The van der Waals surface area contributed by atoms with Gasteiger partial charge in [-0.2, -0.15) is 16.6 Å². The lowest BCUT2D eigenvalue weighted by Gasteiger charge is -2.06. The number of benzene rings is 1. The van der Waals surface area contributed by atoms with E-state index in [4.69, 9.17) is 10.00 Å². The lowest BCUT2D eigenvalue weighted by molar-refractivity contribution is -0.146. The molecule has 0 aliphatic heterocycles. The molecule has 0 radical (unpaired) electrons. The van der Waals surface area contributed by atoms with Crippen LogP contribution in [-0.2, 0) is 20.7 Å². The zero-order chi connectivity index (χ0) is 18.4. The SMILES string of the molecule is N#Cc1ccc(NC(=O)COC(=O)Cc2csc(-c3ccsc3)n2)cc1. The molecule has 0 aliphatic carbocycles. The Balaban J connectivity index is 1.46. The van der Waals surface area contributed by atoms with Gasteiger partial charge in [0.1, 0.15) is 5.01 Å². The van der Waals surface area contributed by atoms with E-state index in [0.717, 1.165) is 10.6 Å². The highest BCUT2D eigenvalue weighted by molar-refractivity contribution is 7.14. The molecule has 3 aromatic rings. The highest BCUT2D eigenvalue weighted by Gasteiger charge is 2.12. The number of nitrogens with zero attached hydrogens (tertiary/aromatic N) is 2. The van der Waals surface area contributed by atoms with Crippen molar-refractivity contribution in [1.82, 2.24) is 4.98 Å². The average molecular weight is 383 g/mol. The molecular formula is C18H13N3O3S2. The van der Waals surface area contributed by atoms with Crippen molar-refractivity contribution in [3.8, 4) is 16.6 Å². The van der Waals surface area contributed by atoms with E-state index in [2.05, 4.69) is 10.3 Å². The summed E-state index contributed by atoms with van der Waals surface area (Å²) >= 11 is 3.05. The molecule has 0 saturated carbocycles. The van der Waals surface area contributed by atoms with Gasteiger partial charge in [-0.3, -0.25) is 9.59 Å². The van der Waals surface area contributed by atoms with Crippen LogP contribution in [-0.4, -0.2) is 23.5 Å². The number of carbonyl (C=O) groups excluding carboxylic acids is 2. The van der Waals surface area contributed by atoms with Crippen LogP contribution in [0.5, 0.6) is 0 Å². The second kappa shape index (κ2) is 8.38. The van der Waals surface area contributed by atoms with Crippen LogP contribution in [0, 0.1) is 11.3 Å². The molecule has 1 amide bonds. The molecule has 2 aromatic heterocycles. The van der Waals surface area contributed by atoms with Crippen molar-refractivity contribution in [2.45, 2.75) is 6.42 Å². The molecule has 1 aromatic carbocycles. The molecule has 1 N–H and O–H groups in total. The first-order chi connectivity index (χ1) is 12.6. The number of nitriles is 1. The first kappa shape index (κ1) is 17.8. The maximum absolute atomic E-state index is 11.9. The minimum atomic E-state index is -0.512. The Bertz CT molecular complexity index is 941. The first-order valence-electron chi connectivity index (χ1n) is 7.56. The minimum Gasteiger partial charge on any atom is -0.455 e. The van der Waals surface area contributed by atoms with Gasteiger partial charge in [-0.1, -0.05) is 0 Å². The molecule has 0 fully saturated rings. The number of hydrogen-bond acceptors (Lipinski definition) is 7. The van der Waals surface area contributed by atoms with Crippen molar-refractivity contribution in [3.63, 3.8) is 0 Å². The lowest BCUT2D eigenvalue weighted by atomic mass is 10.2. The van der Waals surface area contributed by atoms with Crippen molar-refractivity contribution in [3.05, 3.63) is 57.7 Å². The van der Waals surface area contributed by atoms with Crippen molar-refractivity contribution < 1.29 is 14.3 Å². The number of rotatable bonds is 6. The maximum atomic E-state index is 11.9. The molecule has 2 heterocycles. The van der Waals surface area contributed by atoms with Gasteiger partial charge < -0.3 is 10.1 Å². The van der Waals surface area contributed by atoms with Gasteiger partial charge in [0.05, 0.1) is 23.7 Å². The Kier molecular flexibility index (Phi) is 5.73. The summed E-state index contributed by atoms with van der Waals surface area (Å²) in [5.41, 5.74) is 2.68. The van der Waals surface area contributed by atoms with Gasteiger partial charge in [-0.15, -0.1) is 11.3 Å². The topological polar surface area (TPSA) is 92.1 Å². The smallest absolute Gasteiger partial charge is 0.312 e. The zero-order valence-corrected chi connectivity index (χ0v) is 15.1. The summed E-state index contributed by atoms with van der Waals surface area (Å²) in [6.45, 7) is -0.375. The zero-order valence-electron chi connectivity index (χ0n) is 13.5. The molecule has 26 heavy (non-hydrogen) atoms. The number of hydrogen-bond donors (Lipinski definition) is 1. The number of thiazole rings is 1. The molecule has 130 valence electrons. The summed E-state index contributed by atoms with van der Waals surface area (Å²) in [5.74, 6) is -0.956.